The van der Waals surface area contributed by atoms with Crippen molar-refractivity contribution >= 4 is 23.1 Å². The van der Waals surface area contributed by atoms with Gasteiger partial charge in [0.05, 0.1) is 10.7 Å². The number of carbonyl (C=O) groups is 1. The van der Waals surface area contributed by atoms with Gasteiger partial charge < -0.3 is 5.73 Å². The molecule has 0 unspecified atom stereocenters. The first-order valence-corrected chi connectivity index (χ1v) is 7.08. The van der Waals surface area contributed by atoms with Crippen molar-refractivity contribution in [2.75, 3.05) is 5.73 Å². The summed E-state index contributed by atoms with van der Waals surface area (Å²) in [4.78, 5) is 12.4. The van der Waals surface area contributed by atoms with Gasteiger partial charge in [-0.15, -0.1) is 0 Å². The van der Waals surface area contributed by atoms with E-state index in [4.69, 9.17) is 17.3 Å². The summed E-state index contributed by atoms with van der Waals surface area (Å²) in [7, 11) is 0. The molecule has 1 aliphatic rings. The quantitative estimate of drug-likeness (QED) is 0.653. The molecule has 1 aromatic rings. The van der Waals surface area contributed by atoms with Crippen molar-refractivity contribution in [3.05, 3.63) is 28.8 Å². The molecule has 0 radical (unpaired) electrons. The average molecular weight is 266 g/mol. The minimum absolute atomic E-state index is 0.174. The largest absolute Gasteiger partial charge is 0.398 e. The minimum Gasteiger partial charge on any atom is -0.398 e. The van der Waals surface area contributed by atoms with E-state index in [1.807, 2.05) is 0 Å². The number of rotatable bonds is 3. The van der Waals surface area contributed by atoms with E-state index in [0.717, 1.165) is 18.8 Å². The van der Waals surface area contributed by atoms with Crippen molar-refractivity contribution in [3.8, 4) is 0 Å². The lowest BCUT2D eigenvalue weighted by molar-refractivity contribution is 0.0871. The van der Waals surface area contributed by atoms with Crippen LogP contribution in [0.25, 0.3) is 0 Å². The minimum atomic E-state index is 0.174. The summed E-state index contributed by atoms with van der Waals surface area (Å²) in [6, 6.07) is 5.20. The summed E-state index contributed by atoms with van der Waals surface area (Å²) in [6.45, 7) is 2.23. The summed E-state index contributed by atoms with van der Waals surface area (Å²) in [6.07, 6.45) is 5.61. The first-order valence-electron chi connectivity index (χ1n) is 6.71. The summed E-state index contributed by atoms with van der Waals surface area (Å²) >= 11 is 5.87. The first-order chi connectivity index (χ1) is 8.61. The van der Waals surface area contributed by atoms with E-state index in [-0.39, 0.29) is 11.7 Å². The monoisotopic (exact) mass is 265 g/mol. The Labute approximate surface area is 114 Å². The van der Waals surface area contributed by atoms with Crippen molar-refractivity contribution in [3.63, 3.8) is 0 Å². The van der Waals surface area contributed by atoms with Crippen molar-refractivity contribution in [2.24, 2.45) is 11.8 Å². The van der Waals surface area contributed by atoms with Crippen LogP contribution in [0.4, 0.5) is 5.69 Å². The Hall–Kier alpha value is -1.02. The number of anilines is 1. The normalized spacial score (nSPS) is 23.9. The summed E-state index contributed by atoms with van der Waals surface area (Å²) in [5.74, 6) is 1.21. The van der Waals surface area contributed by atoms with E-state index in [0.29, 0.717) is 16.3 Å². The molecule has 1 fully saturated rings. The van der Waals surface area contributed by atoms with Crippen LogP contribution in [0.15, 0.2) is 18.2 Å². The molecule has 0 spiro atoms. The number of hydrogen-bond acceptors (Lipinski definition) is 2. The maximum atomic E-state index is 12.4. The second-order valence-corrected chi connectivity index (χ2v) is 5.63. The molecule has 1 aliphatic carbocycles. The van der Waals surface area contributed by atoms with Gasteiger partial charge >= 0.3 is 0 Å². The molecule has 2 N–H and O–H groups in total. The second kappa shape index (κ2) is 5.75. The Balaban J connectivity index is 2.05. The van der Waals surface area contributed by atoms with Crippen LogP contribution in [0.1, 0.15) is 49.4 Å². The van der Waals surface area contributed by atoms with E-state index >= 15 is 0 Å². The number of carbonyl (C=O) groups excluding carboxylic acids is 1. The molecule has 0 amide bonds. The standard InChI is InChI=1S/C15H20ClNO/c1-2-10-3-5-11(6-4-10)15(18)12-7-8-13(16)14(17)9-12/h7-11H,2-6,17H2,1H3. The summed E-state index contributed by atoms with van der Waals surface area (Å²) in [5.41, 5.74) is 6.94. The number of Topliss-reactive ketones (excluding diaryl/α,β-unsaturated/α-hetero) is 1. The van der Waals surface area contributed by atoms with Gasteiger partial charge in [0.2, 0.25) is 0 Å². The zero-order valence-electron chi connectivity index (χ0n) is 10.8. The summed E-state index contributed by atoms with van der Waals surface area (Å²) < 4.78 is 0. The van der Waals surface area contributed by atoms with E-state index in [2.05, 4.69) is 6.92 Å². The molecule has 2 rings (SSSR count). The van der Waals surface area contributed by atoms with E-state index in [1.165, 1.54) is 19.3 Å². The van der Waals surface area contributed by atoms with Crippen LogP contribution in [0.5, 0.6) is 0 Å². The smallest absolute Gasteiger partial charge is 0.166 e. The number of benzene rings is 1. The van der Waals surface area contributed by atoms with Crippen LogP contribution in [0, 0.1) is 11.8 Å². The highest BCUT2D eigenvalue weighted by Gasteiger charge is 2.26. The third-order valence-corrected chi connectivity index (χ3v) is 4.42. The zero-order chi connectivity index (χ0) is 13.1. The number of ketones is 1. The topological polar surface area (TPSA) is 43.1 Å². The second-order valence-electron chi connectivity index (χ2n) is 5.23. The van der Waals surface area contributed by atoms with Gasteiger partial charge in [0.1, 0.15) is 0 Å². The molecular formula is C15H20ClNO. The Morgan fingerprint density at radius 3 is 2.56 bits per heavy atom. The highest BCUT2D eigenvalue weighted by Crippen LogP contribution is 2.33. The van der Waals surface area contributed by atoms with Gasteiger partial charge in [0, 0.05) is 11.5 Å². The fraction of sp³-hybridized carbons (Fsp3) is 0.533. The SMILES string of the molecule is CCC1CCC(C(=O)c2ccc(Cl)c(N)c2)CC1. The van der Waals surface area contributed by atoms with Gasteiger partial charge in [-0.2, -0.15) is 0 Å². The van der Waals surface area contributed by atoms with Crippen LogP contribution in [0.2, 0.25) is 5.02 Å². The van der Waals surface area contributed by atoms with E-state index < -0.39 is 0 Å². The number of nitrogens with two attached hydrogens (primary N) is 1. The number of nitrogen functional groups attached to an aromatic ring is 1. The van der Waals surface area contributed by atoms with Crippen LogP contribution in [-0.2, 0) is 0 Å². The molecule has 0 aliphatic heterocycles. The molecule has 3 heteroatoms. The van der Waals surface area contributed by atoms with Crippen molar-refractivity contribution < 1.29 is 4.79 Å². The first kappa shape index (κ1) is 13.4. The number of halogens is 1. The zero-order valence-corrected chi connectivity index (χ0v) is 11.5. The van der Waals surface area contributed by atoms with Gasteiger partial charge in [0.25, 0.3) is 0 Å². The maximum absolute atomic E-state index is 12.4. The molecule has 0 saturated heterocycles. The molecule has 0 bridgehead atoms. The van der Waals surface area contributed by atoms with Gasteiger partial charge in [-0.1, -0.05) is 24.9 Å². The predicted octanol–water partition coefficient (Wildman–Crippen LogP) is 4.32. The van der Waals surface area contributed by atoms with Crippen molar-refractivity contribution in [2.45, 2.75) is 39.0 Å². The molecule has 0 atom stereocenters. The lowest BCUT2D eigenvalue weighted by Gasteiger charge is -2.26. The lowest BCUT2D eigenvalue weighted by atomic mass is 9.78. The van der Waals surface area contributed by atoms with Crippen LogP contribution >= 0.6 is 11.6 Å². The van der Waals surface area contributed by atoms with Gasteiger partial charge in [-0.25, -0.2) is 0 Å². The summed E-state index contributed by atoms with van der Waals surface area (Å²) in [5, 5.41) is 0.515. The van der Waals surface area contributed by atoms with E-state index in [9.17, 15) is 4.79 Å². The molecule has 1 aromatic carbocycles. The Bertz CT molecular complexity index is 436. The molecule has 0 heterocycles. The predicted molar refractivity (Wildman–Crippen MR) is 75.9 cm³/mol. The van der Waals surface area contributed by atoms with Crippen molar-refractivity contribution in [1.29, 1.82) is 0 Å². The van der Waals surface area contributed by atoms with Gasteiger partial charge in [-0.3, -0.25) is 4.79 Å². The third-order valence-electron chi connectivity index (χ3n) is 4.08. The lowest BCUT2D eigenvalue weighted by Crippen LogP contribution is -2.21. The van der Waals surface area contributed by atoms with Crippen LogP contribution in [0.3, 0.4) is 0 Å². The fourth-order valence-corrected chi connectivity index (χ4v) is 2.88. The van der Waals surface area contributed by atoms with Crippen molar-refractivity contribution in [1.82, 2.24) is 0 Å². The Morgan fingerprint density at radius 2 is 2.00 bits per heavy atom. The van der Waals surface area contributed by atoms with Gasteiger partial charge in [0.15, 0.2) is 5.78 Å². The van der Waals surface area contributed by atoms with E-state index in [1.54, 1.807) is 18.2 Å². The molecule has 18 heavy (non-hydrogen) atoms. The van der Waals surface area contributed by atoms with Crippen LogP contribution < -0.4 is 5.73 Å². The molecule has 2 nitrogen and oxygen atoms in total. The Kier molecular flexibility index (Phi) is 4.28. The average Bonchev–Trinajstić information content (AvgIpc) is 2.41. The highest BCUT2D eigenvalue weighted by molar-refractivity contribution is 6.33. The highest BCUT2D eigenvalue weighted by atomic mass is 35.5. The third kappa shape index (κ3) is 2.86. The molecule has 0 aromatic heterocycles. The maximum Gasteiger partial charge on any atom is 0.166 e. The molecular weight excluding hydrogens is 246 g/mol. The molecule has 98 valence electrons. The Morgan fingerprint density at radius 1 is 1.33 bits per heavy atom. The molecule has 1 saturated carbocycles. The van der Waals surface area contributed by atoms with Crippen LogP contribution in [-0.4, -0.2) is 5.78 Å². The van der Waals surface area contributed by atoms with Gasteiger partial charge in [-0.05, 0) is 49.8 Å². The number of hydrogen-bond donors (Lipinski definition) is 1. The fourth-order valence-electron chi connectivity index (χ4n) is 2.77.